The fourth-order valence-corrected chi connectivity index (χ4v) is 2.82. The lowest BCUT2D eigenvalue weighted by molar-refractivity contribution is 0.731. The van der Waals surface area contributed by atoms with E-state index in [0.29, 0.717) is 10.7 Å². The number of alkyl halides is 1. The van der Waals surface area contributed by atoms with E-state index in [1.165, 1.54) is 4.88 Å². The fourth-order valence-electron chi connectivity index (χ4n) is 1.40. The summed E-state index contributed by atoms with van der Waals surface area (Å²) < 4.78 is 0. The third kappa shape index (κ3) is 2.44. The molecule has 0 aromatic carbocycles. The maximum absolute atomic E-state index is 4.36. The summed E-state index contributed by atoms with van der Waals surface area (Å²) in [6.45, 7) is 2.17. The standard InChI is InChI=1S/C11H11BrN2S/c1-8(9-4-2-3-5-14-9)11(12)10-6-13-7-15-10/h2-8,11H,1H3. The Balaban J connectivity index is 2.18. The minimum absolute atomic E-state index is 0.292. The SMILES string of the molecule is CC(c1ccccn1)C(Br)c1cncs1. The Hall–Kier alpha value is -0.740. The second-order valence-corrected chi connectivity index (χ2v) is 5.25. The van der Waals surface area contributed by atoms with Crippen molar-refractivity contribution in [3.63, 3.8) is 0 Å². The van der Waals surface area contributed by atoms with Gasteiger partial charge in [-0.15, -0.1) is 11.3 Å². The number of pyridine rings is 1. The van der Waals surface area contributed by atoms with Gasteiger partial charge in [0.25, 0.3) is 0 Å². The highest BCUT2D eigenvalue weighted by atomic mass is 79.9. The van der Waals surface area contributed by atoms with Crippen LogP contribution in [0, 0.1) is 0 Å². The van der Waals surface area contributed by atoms with Gasteiger partial charge in [0.15, 0.2) is 0 Å². The molecule has 78 valence electrons. The molecule has 0 N–H and O–H groups in total. The van der Waals surface area contributed by atoms with Crippen LogP contribution in [0.3, 0.4) is 0 Å². The van der Waals surface area contributed by atoms with Crippen molar-refractivity contribution in [2.45, 2.75) is 17.7 Å². The fraction of sp³-hybridized carbons (Fsp3) is 0.273. The number of hydrogen-bond acceptors (Lipinski definition) is 3. The first-order chi connectivity index (χ1) is 7.29. The molecule has 0 radical (unpaired) electrons. The van der Waals surface area contributed by atoms with Crippen LogP contribution in [0.25, 0.3) is 0 Å². The normalized spacial score (nSPS) is 14.8. The van der Waals surface area contributed by atoms with Crippen molar-refractivity contribution in [2.75, 3.05) is 0 Å². The summed E-state index contributed by atoms with van der Waals surface area (Å²) in [5, 5.41) is 0. The molecule has 2 nitrogen and oxygen atoms in total. The molecule has 2 aromatic rings. The largest absolute Gasteiger partial charge is 0.261 e. The summed E-state index contributed by atoms with van der Waals surface area (Å²) >= 11 is 5.37. The van der Waals surface area contributed by atoms with Crippen LogP contribution in [0.5, 0.6) is 0 Å². The zero-order valence-corrected chi connectivity index (χ0v) is 10.7. The molecule has 2 atom stereocenters. The first-order valence-electron chi connectivity index (χ1n) is 4.72. The predicted octanol–water partition coefficient (Wildman–Crippen LogP) is 3.78. The maximum Gasteiger partial charge on any atom is 0.0794 e. The molecule has 0 aliphatic carbocycles. The molecule has 0 aliphatic rings. The van der Waals surface area contributed by atoms with E-state index < -0.39 is 0 Å². The van der Waals surface area contributed by atoms with Gasteiger partial charge in [-0.25, -0.2) is 0 Å². The van der Waals surface area contributed by atoms with Crippen molar-refractivity contribution >= 4 is 27.3 Å². The average molecular weight is 283 g/mol. The van der Waals surface area contributed by atoms with Crippen LogP contribution in [-0.4, -0.2) is 9.97 Å². The highest BCUT2D eigenvalue weighted by Crippen LogP contribution is 2.38. The molecule has 0 saturated carbocycles. The summed E-state index contributed by atoms with van der Waals surface area (Å²) in [4.78, 5) is 9.99. The summed E-state index contributed by atoms with van der Waals surface area (Å²) in [7, 11) is 0. The van der Waals surface area contributed by atoms with Crippen LogP contribution >= 0.6 is 27.3 Å². The summed E-state index contributed by atoms with van der Waals surface area (Å²) in [5.74, 6) is 0.353. The van der Waals surface area contributed by atoms with Gasteiger partial charge in [-0.05, 0) is 12.1 Å². The Labute approximate surface area is 102 Å². The highest BCUT2D eigenvalue weighted by molar-refractivity contribution is 9.09. The molecule has 0 aliphatic heterocycles. The van der Waals surface area contributed by atoms with Gasteiger partial charge < -0.3 is 0 Å². The minimum Gasteiger partial charge on any atom is -0.261 e. The van der Waals surface area contributed by atoms with E-state index in [0.717, 1.165) is 5.69 Å². The van der Waals surface area contributed by atoms with Crippen molar-refractivity contribution < 1.29 is 0 Å². The first kappa shape index (κ1) is 10.8. The van der Waals surface area contributed by atoms with Crippen molar-refractivity contribution in [2.24, 2.45) is 0 Å². The van der Waals surface area contributed by atoms with Crippen molar-refractivity contribution in [1.82, 2.24) is 9.97 Å². The molecule has 0 fully saturated rings. The van der Waals surface area contributed by atoms with E-state index in [2.05, 4.69) is 38.9 Å². The first-order valence-corrected chi connectivity index (χ1v) is 6.52. The summed E-state index contributed by atoms with van der Waals surface area (Å²) in [6, 6.07) is 6.01. The number of hydrogen-bond donors (Lipinski definition) is 0. The molecule has 2 unspecified atom stereocenters. The Kier molecular flexibility index (Phi) is 3.49. The second-order valence-electron chi connectivity index (χ2n) is 3.35. The van der Waals surface area contributed by atoms with Crippen molar-refractivity contribution in [3.8, 4) is 0 Å². The van der Waals surface area contributed by atoms with Crippen LogP contribution in [0.15, 0.2) is 36.1 Å². The Bertz CT molecular complexity index is 402. The van der Waals surface area contributed by atoms with Crippen LogP contribution in [0.1, 0.15) is 28.2 Å². The minimum atomic E-state index is 0.292. The van der Waals surface area contributed by atoms with Crippen LogP contribution in [-0.2, 0) is 0 Å². The van der Waals surface area contributed by atoms with Crippen LogP contribution < -0.4 is 0 Å². The molecule has 0 saturated heterocycles. The van der Waals surface area contributed by atoms with E-state index in [1.807, 2.05) is 30.0 Å². The van der Waals surface area contributed by atoms with Gasteiger partial charge >= 0.3 is 0 Å². The molecule has 2 heterocycles. The van der Waals surface area contributed by atoms with Gasteiger partial charge in [0.1, 0.15) is 0 Å². The zero-order chi connectivity index (χ0) is 10.7. The van der Waals surface area contributed by atoms with Gasteiger partial charge in [-0.3, -0.25) is 9.97 Å². The predicted molar refractivity (Wildman–Crippen MR) is 66.4 cm³/mol. The monoisotopic (exact) mass is 282 g/mol. The van der Waals surface area contributed by atoms with Crippen molar-refractivity contribution in [3.05, 3.63) is 46.7 Å². The lowest BCUT2D eigenvalue weighted by Gasteiger charge is -2.15. The van der Waals surface area contributed by atoms with E-state index in [4.69, 9.17) is 0 Å². The lowest BCUT2D eigenvalue weighted by Crippen LogP contribution is -2.02. The Morgan fingerprint density at radius 2 is 2.27 bits per heavy atom. The van der Waals surface area contributed by atoms with E-state index in [1.54, 1.807) is 11.3 Å². The third-order valence-electron chi connectivity index (χ3n) is 2.32. The van der Waals surface area contributed by atoms with E-state index in [-0.39, 0.29) is 0 Å². The molecule has 0 bridgehead atoms. The highest BCUT2D eigenvalue weighted by Gasteiger charge is 2.19. The van der Waals surface area contributed by atoms with E-state index in [9.17, 15) is 0 Å². The number of rotatable bonds is 3. The topological polar surface area (TPSA) is 25.8 Å². The van der Waals surface area contributed by atoms with Gasteiger partial charge in [-0.1, -0.05) is 28.9 Å². The summed E-state index contributed by atoms with van der Waals surface area (Å²) in [5.41, 5.74) is 2.96. The lowest BCUT2D eigenvalue weighted by atomic mass is 10.0. The average Bonchev–Trinajstić information content (AvgIpc) is 2.82. The molecular weight excluding hydrogens is 272 g/mol. The smallest absolute Gasteiger partial charge is 0.0794 e. The third-order valence-corrected chi connectivity index (χ3v) is 4.76. The molecule has 0 spiro atoms. The zero-order valence-electron chi connectivity index (χ0n) is 8.30. The van der Waals surface area contributed by atoms with Crippen molar-refractivity contribution in [1.29, 1.82) is 0 Å². The number of halogens is 1. The number of nitrogens with zero attached hydrogens (tertiary/aromatic N) is 2. The quantitative estimate of drug-likeness (QED) is 0.801. The molecule has 15 heavy (non-hydrogen) atoms. The molecule has 0 amide bonds. The number of aromatic nitrogens is 2. The molecular formula is C11H11BrN2S. The molecule has 2 rings (SSSR count). The Morgan fingerprint density at radius 3 is 2.87 bits per heavy atom. The van der Waals surface area contributed by atoms with Gasteiger partial charge in [0.05, 0.1) is 10.3 Å². The molecule has 4 heteroatoms. The Morgan fingerprint density at radius 1 is 1.40 bits per heavy atom. The second kappa shape index (κ2) is 4.86. The van der Waals surface area contributed by atoms with E-state index >= 15 is 0 Å². The summed E-state index contributed by atoms with van der Waals surface area (Å²) in [6.07, 6.45) is 3.74. The van der Waals surface area contributed by atoms with Crippen LogP contribution in [0.2, 0.25) is 0 Å². The number of thiazole rings is 1. The maximum atomic E-state index is 4.36. The van der Waals surface area contributed by atoms with Gasteiger partial charge in [0.2, 0.25) is 0 Å². The molecule has 2 aromatic heterocycles. The van der Waals surface area contributed by atoms with Gasteiger partial charge in [-0.2, -0.15) is 0 Å². The van der Waals surface area contributed by atoms with Crippen LogP contribution in [0.4, 0.5) is 0 Å². The van der Waals surface area contributed by atoms with Gasteiger partial charge in [0, 0.05) is 28.9 Å².